The Morgan fingerprint density at radius 3 is 2.76 bits per heavy atom. The Balaban J connectivity index is 1.83. The van der Waals surface area contributed by atoms with Crippen molar-refractivity contribution in [1.82, 2.24) is 15.0 Å². The number of anilines is 1. The van der Waals surface area contributed by atoms with Crippen molar-refractivity contribution in [3.05, 3.63) is 30.0 Å². The number of carbonyl (C=O) groups excluding carboxylic acids is 1. The van der Waals surface area contributed by atoms with E-state index < -0.39 is 17.7 Å². The number of carbonyl (C=O) groups is 1. The van der Waals surface area contributed by atoms with Crippen molar-refractivity contribution in [2.24, 2.45) is 13.0 Å². The van der Waals surface area contributed by atoms with Crippen molar-refractivity contribution < 1.29 is 13.6 Å². The number of alkyl halides is 2. The molecule has 0 saturated heterocycles. The smallest absolute Gasteiger partial charge is 0.260 e. The Hall–Kier alpha value is -2.31. The van der Waals surface area contributed by atoms with Crippen molar-refractivity contribution in [1.29, 1.82) is 0 Å². The van der Waals surface area contributed by atoms with Crippen LogP contribution < -0.4 is 5.32 Å². The van der Waals surface area contributed by atoms with Crippen molar-refractivity contribution in [3.63, 3.8) is 0 Å². The summed E-state index contributed by atoms with van der Waals surface area (Å²) < 4.78 is 25.8. The third-order valence-electron chi connectivity index (χ3n) is 3.52. The molecule has 1 N–H and O–H groups in total. The molecule has 1 heterocycles. The second-order valence-electron chi connectivity index (χ2n) is 5.26. The summed E-state index contributed by atoms with van der Waals surface area (Å²) in [5.74, 6) is -4.71. The first-order valence-electron chi connectivity index (χ1n) is 6.53. The first kappa shape index (κ1) is 13.7. The summed E-state index contributed by atoms with van der Waals surface area (Å²) in [4.78, 5) is 13.1. The molecule has 1 fully saturated rings. The van der Waals surface area contributed by atoms with Gasteiger partial charge in [-0.15, -0.1) is 0 Å². The van der Waals surface area contributed by atoms with Crippen LogP contribution in [0.1, 0.15) is 12.0 Å². The van der Waals surface area contributed by atoms with Gasteiger partial charge in [0.25, 0.3) is 5.92 Å². The van der Waals surface area contributed by atoms with Crippen molar-refractivity contribution >= 4 is 11.6 Å². The lowest BCUT2D eigenvalue weighted by Gasteiger charge is -2.08. The molecule has 0 spiro atoms. The highest BCUT2D eigenvalue weighted by atomic mass is 19.3. The number of hydrogen-bond donors (Lipinski definition) is 1. The number of nitrogens with one attached hydrogen (secondary N) is 1. The number of halogens is 2. The zero-order valence-electron chi connectivity index (χ0n) is 11.6. The lowest BCUT2D eigenvalue weighted by atomic mass is 10.1. The van der Waals surface area contributed by atoms with Gasteiger partial charge in [0.05, 0.1) is 6.20 Å². The largest absolute Gasteiger partial charge is 0.326 e. The van der Waals surface area contributed by atoms with Gasteiger partial charge in [-0.1, -0.05) is 6.07 Å². The SMILES string of the molecule is Cc1ccc(NC(=O)[C@H]2CC2(F)F)cc1-c1cnn(C)n1. The van der Waals surface area contributed by atoms with E-state index in [1.54, 1.807) is 25.4 Å². The highest BCUT2D eigenvalue weighted by molar-refractivity contribution is 5.95. The first-order valence-corrected chi connectivity index (χ1v) is 6.53. The number of amides is 1. The molecule has 1 atom stereocenters. The Kier molecular flexibility index (Phi) is 3.00. The van der Waals surface area contributed by atoms with E-state index in [0.29, 0.717) is 11.4 Å². The van der Waals surface area contributed by atoms with E-state index in [0.717, 1.165) is 11.1 Å². The van der Waals surface area contributed by atoms with Gasteiger partial charge in [0.1, 0.15) is 11.6 Å². The Morgan fingerprint density at radius 2 is 2.19 bits per heavy atom. The fourth-order valence-corrected chi connectivity index (χ4v) is 2.17. The van der Waals surface area contributed by atoms with Gasteiger partial charge in [0.15, 0.2) is 0 Å². The number of aryl methyl sites for hydroxylation is 2. The van der Waals surface area contributed by atoms with E-state index in [9.17, 15) is 13.6 Å². The van der Waals surface area contributed by atoms with Crippen LogP contribution in [0.15, 0.2) is 24.4 Å². The summed E-state index contributed by atoms with van der Waals surface area (Å²) in [5.41, 5.74) is 2.92. The second-order valence-corrected chi connectivity index (χ2v) is 5.26. The van der Waals surface area contributed by atoms with Crippen LogP contribution in [0, 0.1) is 12.8 Å². The van der Waals surface area contributed by atoms with E-state index in [1.165, 1.54) is 4.80 Å². The topological polar surface area (TPSA) is 59.8 Å². The number of hydrogen-bond acceptors (Lipinski definition) is 3. The Labute approximate surface area is 120 Å². The van der Waals surface area contributed by atoms with Gasteiger partial charge in [0.2, 0.25) is 5.91 Å². The molecule has 1 aromatic carbocycles. The normalized spacial score (nSPS) is 19.3. The van der Waals surface area contributed by atoms with Gasteiger partial charge in [-0.3, -0.25) is 4.79 Å². The van der Waals surface area contributed by atoms with E-state index in [4.69, 9.17) is 0 Å². The van der Waals surface area contributed by atoms with Crippen LogP contribution in [0.2, 0.25) is 0 Å². The summed E-state index contributed by atoms with van der Waals surface area (Å²) in [6.07, 6.45) is 1.24. The third-order valence-corrected chi connectivity index (χ3v) is 3.52. The zero-order valence-corrected chi connectivity index (χ0v) is 11.6. The highest BCUT2D eigenvalue weighted by Gasteiger charge is 2.61. The minimum atomic E-state index is -2.86. The molecule has 110 valence electrons. The maximum Gasteiger partial charge on any atom is 0.260 e. The van der Waals surface area contributed by atoms with Gasteiger partial charge < -0.3 is 5.32 Å². The lowest BCUT2D eigenvalue weighted by molar-refractivity contribution is -0.119. The van der Waals surface area contributed by atoms with Gasteiger partial charge in [-0.2, -0.15) is 15.0 Å². The van der Waals surface area contributed by atoms with Crippen molar-refractivity contribution in [3.8, 4) is 11.3 Å². The van der Waals surface area contributed by atoms with Crippen LogP contribution in [-0.4, -0.2) is 26.8 Å². The number of rotatable bonds is 3. The van der Waals surface area contributed by atoms with Crippen LogP contribution in [0.4, 0.5) is 14.5 Å². The molecule has 5 nitrogen and oxygen atoms in total. The summed E-state index contributed by atoms with van der Waals surface area (Å²) in [6.45, 7) is 1.91. The Morgan fingerprint density at radius 1 is 1.48 bits per heavy atom. The summed E-state index contributed by atoms with van der Waals surface area (Å²) in [5, 5.41) is 10.7. The quantitative estimate of drug-likeness (QED) is 0.945. The maximum atomic E-state index is 12.9. The molecule has 2 aromatic rings. The minimum absolute atomic E-state index is 0.373. The van der Waals surface area contributed by atoms with Crippen LogP contribution >= 0.6 is 0 Å². The predicted octanol–water partition coefficient (Wildman–Crippen LogP) is 2.38. The van der Waals surface area contributed by atoms with E-state index >= 15 is 0 Å². The molecule has 7 heteroatoms. The zero-order chi connectivity index (χ0) is 15.2. The average molecular weight is 292 g/mol. The molecule has 1 amide bonds. The summed E-state index contributed by atoms with van der Waals surface area (Å²) in [6, 6.07) is 5.22. The molecule has 3 rings (SSSR count). The molecule has 0 bridgehead atoms. The van der Waals surface area contributed by atoms with Crippen LogP contribution in [0.3, 0.4) is 0 Å². The average Bonchev–Trinajstić information content (AvgIpc) is 2.85. The minimum Gasteiger partial charge on any atom is -0.326 e. The maximum absolute atomic E-state index is 12.9. The van der Waals surface area contributed by atoms with E-state index in [1.807, 2.05) is 13.0 Å². The number of benzene rings is 1. The Bertz CT molecular complexity index is 711. The molecule has 1 aromatic heterocycles. The van der Waals surface area contributed by atoms with E-state index in [2.05, 4.69) is 15.5 Å². The fraction of sp³-hybridized carbons (Fsp3) is 0.357. The van der Waals surface area contributed by atoms with Crippen LogP contribution in [0.25, 0.3) is 11.3 Å². The molecule has 1 saturated carbocycles. The molecule has 0 unspecified atom stereocenters. The molecular weight excluding hydrogens is 278 g/mol. The van der Waals surface area contributed by atoms with Gasteiger partial charge in [-0.25, -0.2) is 8.78 Å². The van der Waals surface area contributed by atoms with Crippen LogP contribution in [-0.2, 0) is 11.8 Å². The lowest BCUT2D eigenvalue weighted by Crippen LogP contribution is -2.17. The predicted molar refractivity (Wildman–Crippen MR) is 72.9 cm³/mol. The highest BCUT2D eigenvalue weighted by Crippen LogP contribution is 2.49. The summed E-state index contributed by atoms with van der Waals surface area (Å²) in [7, 11) is 1.71. The molecular formula is C14H14F2N4O. The van der Waals surface area contributed by atoms with Gasteiger partial charge >= 0.3 is 0 Å². The first-order chi connectivity index (χ1) is 9.87. The van der Waals surface area contributed by atoms with E-state index in [-0.39, 0.29) is 6.42 Å². The van der Waals surface area contributed by atoms with Gasteiger partial charge in [-0.05, 0) is 24.6 Å². The second kappa shape index (κ2) is 4.61. The number of aromatic nitrogens is 3. The molecule has 1 aliphatic rings. The summed E-state index contributed by atoms with van der Waals surface area (Å²) >= 11 is 0. The van der Waals surface area contributed by atoms with Crippen LogP contribution in [0.5, 0.6) is 0 Å². The van der Waals surface area contributed by atoms with Crippen molar-refractivity contribution in [2.75, 3.05) is 5.32 Å². The molecule has 21 heavy (non-hydrogen) atoms. The molecule has 0 aliphatic heterocycles. The van der Waals surface area contributed by atoms with Gasteiger partial charge in [0, 0.05) is 24.7 Å². The molecule has 0 radical (unpaired) electrons. The monoisotopic (exact) mass is 292 g/mol. The number of nitrogens with zero attached hydrogens (tertiary/aromatic N) is 3. The molecule has 1 aliphatic carbocycles. The fourth-order valence-electron chi connectivity index (χ4n) is 2.17. The standard InChI is InChI=1S/C14H14F2N4O/c1-8-3-4-9(18-13(21)11-6-14(11,15)16)5-10(8)12-7-17-20(2)19-12/h3-5,7,11H,6H2,1-2H3,(H,18,21)/t11-/m1/s1. The third kappa shape index (κ3) is 2.63. The van der Waals surface area contributed by atoms with Crippen molar-refractivity contribution in [2.45, 2.75) is 19.3 Å².